The van der Waals surface area contributed by atoms with E-state index in [9.17, 15) is 0 Å². The first-order valence-corrected chi connectivity index (χ1v) is 9.50. The molecule has 6 atom stereocenters. The summed E-state index contributed by atoms with van der Waals surface area (Å²) in [6, 6.07) is 2.08. The Morgan fingerprint density at radius 1 is 1.00 bits per heavy atom. The topological polar surface area (TPSA) is 55.4 Å². The summed E-state index contributed by atoms with van der Waals surface area (Å²) in [5, 5.41) is 0. The Morgan fingerprint density at radius 2 is 1.81 bits per heavy atom. The molecule has 7 rings (SSSR count). The lowest BCUT2D eigenvalue weighted by atomic mass is 9.48. The van der Waals surface area contributed by atoms with Crippen molar-refractivity contribution in [2.45, 2.75) is 62.3 Å². The maximum Gasteiger partial charge on any atom is 0.203 e. The van der Waals surface area contributed by atoms with Gasteiger partial charge in [0.25, 0.3) is 0 Å². The number of benzene rings is 1. The van der Waals surface area contributed by atoms with Gasteiger partial charge in [-0.15, -0.1) is 0 Å². The largest absolute Gasteiger partial charge is 0.493 e. The number of fused-ring (bicyclic) bond motifs is 1. The molecule has 140 valence electrons. The molecule has 6 aliphatic rings. The van der Waals surface area contributed by atoms with Gasteiger partial charge >= 0.3 is 0 Å². The molecule has 1 aromatic carbocycles. The molecule has 1 saturated carbocycles. The molecular formula is C20H24O6. The Morgan fingerprint density at radius 3 is 2.58 bits per heavy atom. The van der Waals surface area contributed by atoms with Gasteiger partial charge in [-0.05, 0) is 24.5 Å². The van der Waals surface area contributed by atoms with Crippen LogP contribution in [0.2, 0.25) is 0 Å². The van der Waals surface area contributed by atoms with E-state index in [4.69, 9.17) is 28.4 Å². The van der Waals surface area contributed by atoms with Crippen molar-refractivity contribution < 1.29 is 28.4 Å². The third-order valence-electron chi connectivity index (χ3n) is 7.46. The van der Waals surface area contributed by atoms with Crippen LogP contribution in [0.5, 0.6) is 17.2 Å². The Kier molecular flexibility index (Phi) is 2.90. The van der Waals surface area contributed by atoms with E-state index in [0.29, 0.717) is 11.5 Å². The lowest BCUT2D eigenvalue weighted by molar-refractivity contribution is -0.386. The predicted octanol–water partition coefficient (Wildman–Crippen LogP) is 3.28. The predicted molar refractivity (Wildman–Crippen MR) is 90.7 cm³/mol. The monoisotopic (exact) mass is 360 g/mol. The van der Waals surface area contributed by atoms with Gasteiger partial charge in [-0.2, -0.15) is 0 Å². The molecule has 5 bridgehead atoms. The highest BCUT2D eigenvalue weighted by atomic mass is 16.8. The molecule has 26 heavy (non-hydrogen) atoms. The zero-order valence-corrected chi connectivity index (χ0v) is 15.4. The van der Waals surface area contributed by atoms with E-state index in [2.05, 4.69) is 6.07 Å². The van der Waals surface area contributed by atoms with Gasteiger partial charge in [0.1, 0.15) is 0 Å². The molecule has 0 amide bonds. The van der Waals surface area contributed by atoms with Gasteiger partial charge in [-0.25, -0.2) is 0 Å². The zero-order valence-electron chi connectivity index (χ0n) is 15.4. The van der Waals surface area contributed by atoms with E-state index in [1.54, 1.807) is 21.3 Å². The fourth-order valence-corrected chi connectivity index (χ4v) is 6.69. The average Bonchev–Trinajstić information content (AvgIpc) is 2.89. The number of ether oxygens (including phenoxy) is 6. The second-order valence-corrected chi connectivity index (χ2v) is 8.15. The number of methoxy groups -OCH3 is 3. The van der Waals surface area contributed by atoms with Crippen LogP contribution in [0.1, 0.15) is 55.3 Å². The first kappa shape index (κ1) is 15.5. The zero-order chi connectivity index (χ0) is 17.7. The minimum Gasteiger partial charge on any atom is -0.493 e. The fourth-order valence-electron chi connectivity index (χ4n) is 6.69. The second-order valence-electron chi connectivity index (χ2n) is 8.15. The summed E-state index contributed by atoms with van der Waals surface area (Å²) in [7, 11) is 5.00. The minimum absolute atomic E-state index is 0.00874. The molecule has 3 saturated heterocycles. The van der Waals surface area contributed by atoms with E-state index in [0.717, 1.165) is 36.1 Å². The van der Waals surface area contributed by atoms with Crippen molar-refractivity contribution in [3.63, 3.8) is 0 Å². The normalized spacial score (nSPS) is 43.8. The maximum absolute atomic E-state index is 6.60. The first-order valence-electron chi connectivity index (χ1n) is 9.50. The van der Waals surface area contributed by atoms with Crippen molar-refractivity contribution in [3.8, 4) is 17.2 Å². The van der Waals surface area contributed by atoms with Gasteiger partial charge in [0.15, 0.2) is 24.1 Å². The number of rotatable bonds is 3. The van der Waals surface area contributed by atoms with E-state index in [1.165, 1.54) is 12.8 Å². The van der Waals surface area contributed by atoms with Crippen molar-refractivity contribution in [1.82, 2.24) is 0 Å². The summed E-state index contributed by atoms with van der Waals surface area (Å²) in [5.74, 6) is 2.06. The van der Waals surface area contributed by atoms with E-state index < -0.39 is 0 Å². The standard InChI is InChI=1S/C20H24O6/c1-21-11-8-10-13(16(23-3)15(11)22-2)14-18-24-12-9-19(17(10)25-18)6-4-5-7-20(14,19)26-12/h8,12,14,17-18H,4-7,9H2,1-3H3/t12?,14-,17-,18+,19+,20+/m0/s1. The number of hydrogen-bond donors (Lipinski definition) is 0. The molecule has 1 unspecified atom stereocenters. The van der Waals surface area contributed by atoms with Crippen molar-refractivity contribution in [2.75, 3.05) is 21.3 Å². The molecule has 0 aromatic heterocycles. The van der Waals surface area contributed by atoms with Crippen LogP contribution in [0.15, 0.2) is 6.07 Å². The van der Waals surface area contributed by atoms with Gasteiger partial charge in [0.05, 0.1) is 39.0 Å². The highest BCUT2D eigenvalue weighted by Gasteiger charge is 2.78. The molecule has 6 heteroatoms. The summed E-state index contributed by atoms with van der Waals surface area (Å²) in [4.78, 5) is 0. The third kappa shape index (κ3) is 1.46. The highest BCUT2D eigenvalue weighted by molar-refractivity contribution is 5.64. The van der Waals surface area contributed by atoms with Crippen LogP contribution in [0, 0.1) is 5.41 Å². The maximum atomic E-state index is 6.60. The molecule has 0 radical (unpaired) electrons. The highest BCUT2D eigenvalue weighted by Crippen LogP contribution is 2.77. The van der Waals surface area contributed by atoms with Gasteiger partial charge < -0.3 is 28.4 Å². The van der Waals surface area contributed by atoms with Crippen LogP contribution in [-0.4, -0.2) is 39.5 Å². The summed E-state index contributed by atoms with van der Waals surface area (Å²) >= 11 is 0. The Labute approximate surface area is 152 Å². The Hall–Kier alpha value is -1.50. The van der Waals surface area contributed by atoms with Crippen LogP contribution in [0.3, 0.4) is 0 Å². The Balaban J connectivity index is 1.68. The van der Waals surface area contributed by atoms with Crippen molar-refractivity contribution in [1.29, 1.82) is 0 Å². The third-order valence-corrected chi connectivity index (χ3v) is 7.46. The summed E-state index contributed by atoms with van der Waals surface area (Å²) in [6.07, 6.45) is 5.04. The van der Waals surface area contributed by atoms with Crippen molar-refractivity contribution in [3.05, 3.63) is 17.2 Å². The molecule has 4 aliphatic heterocycles. The van der Waals surface area contributed by atoms with Crippen LogP contribution in [-0.2, 0) is 14.2 Å². The molecule has 4 heterocycles. The van der Waals surface area contributed by atoms with Crippen LogP contribution in [0.4, 0.5) is 0 Å². The lowest BCUT2D eigenvalue weighted by Gasteiger charge is -2.64. The van der Waals surface area contributed by atoms with Gasteiger partial charge in [0, 0.05) is 17.4 Å². The summed E-state index contributed by atoms with van der Waals surface area (Å²) < 4.78 is 36.4. The summed E-state index contributed by atoms with van der Waals surface area (Å²) in [6.45, 7) is 0. The van der Waals surface area contributed by atoms with E-state index >= 15 is 0 Å². The smallest absolute Gasteiger partial charge is 0.203 e. The van der Waals surface area contributed by atoms with Crippen LogP contribution < -0.4 is 14.2 Å². The molecule has 0 N–H and O–H groups in total. The van der Waals surface area contributed by atoms with Gasteiger partial charge in [-0.1, -0.05) is 12.8 Å². The van der Waals surface area contributed by atoms with Crippen molar-refractivity contribution in [2.24, 2.45) is 5.41 Å². The number of hydrogen-bond acceptors (Lipinski definition) is 6. The first-order chi connectivity index (χ1) is 12.7. The average molecular weight is 360 g/mol. The SMILES string of the molecule is COc1cc2c(c(OC)c1OC)[C@H]1[C@@H]3OC4C[C@]5(CCCC[C@@]15O4)[C@H]2O3. The summed E-state index contributed by atoms with van der Waals surface area (Å²) in [5.41, 5.74) is 2.07. The quantitative estimate of drug-likeness (QED) is 0.825. The molecule has 2 aliphatic carbocycles. The fraction of sp³-hybridized carbons (Fsp3) is 0.700. The molecule has 1 aromatic rings. The van der Waals surface area contributed by atoms with E-state index in [-0.39, 0.29) is 35.6 Å². The minimum atomic E-state index is -0.271. The van der Waals surface area contributed by atoms with Crippen molar-refractivity contribution >= 4 is 0 Å². The Bertz CT molecular complexity index is 793. The molecular weight excluding hydrogens is 336 g/mol. The lowest BCUT2D eigenvalue weighted by Crippen LogP contribution is -2.66. The van der Waals surface area contributed by atoms with Crippen LogP contribution in [0.25, 0.3) is 0 Å². The van der Waals surface area contributed by atoms with Gasteiger partial charge in [0.2, 0.25) is 5.75 Å². The molecule has 6 nitrogen and oxygen atoms in total. The molecule has 4 fully saturated rings. The van der Waals surface area contributed by atoms with E-state index in [1.807, 2.05) is 0 Å². The van der Waals surface area contributed by atoms with Gasteiger partial charge in [-0.3, -0.25) is 0 Å². The second kappa shape index (κ2) is 4.86. The van der Waals surface area contributed by atoms with Crippen LogP contribution >= 0.6 is 0 Å². The molecule has 1 spiro atoms.